The summed E-state index contributed by atoms with van der Waals surface area (Å²) in [6, 6.07) is 9.25. The van der Waals surface area contributed by atoms with Crippen molar-refractivity contribution < 1.29 is 5.11 Å². The molecule has 1 aliphatic carbocycles. The van der Waals surface area contributed by atoms with Crippen molar-refractivity contribution in [1.29, 1.82) is 0 Å². The maximum Gasteiger partial charge on any atom is 0.225 e. The van der Waals surface area contributed by atoms with Gasteiger partial charge in [0.1, 0.15) is 5.82 Å². The van der Waals surface area contributed by atoms with Crippen LogP contribution in [0.3, 0.4) is 0 Å². The molecule has 3 N–H and O–H groups in total. The number of hydrogen-bond donors (Lipinski definition) is 3. The van der Waals surface area contributed by atoms with Crippen molar-refractivity contribution >= 4 is 40.7 Å². The number of aromatic hydroxyl groups is 1. The minimum absolute atomic E-state index is 0.140. The van der Waals surface area contributed by atoms with Crippen LogP contribution >= 0.6 is 23.2 Å². The molecule has 6 nitrogen and oxygen atoms in total. The van der Waals surface area contributed by atoms with Crippen LogP contribution in [0.25, 0.3) is 11.3 Å². The van der Waals surface area contributed by atoms with Crippen molar-refractivity contribution in [2.75, 3.05) is 10.6 Å². The van der Waals surface area contributed by atoms with Gasteiger partial charge in [-0.2, -0.15) is 4.98 Å². The van der Waals surface area contributed by atoms with E-state index in [4.69, 9.17) is 28.2 Å². The van der Waals surface area contributed by atoms with Crippen LogP contribution in [0, 0.1) is 0 Å². The highest BCUT2D eigenvalue weighted by Crippen LogP contribution is 2.36. The molecule has 0 amide bonds. The van der Waals surface area contributed by atoms with E-state index < -0.39 is 0 Å². The number of pyridine rings is 1. The van der Waals surface area contributed by atoms with E-state index in [2.05, 4.69) is 20.6 Å². The first-order valence-corrected chi connectivity index (χ1v) is 10.3. The Morgan fingerprint density at radius 2 is 1.62 bits per heavy atom. The lowest BCUT2D eigenvalue weighted by molar-refractivity contribution is 0.461. The smallest absolute Gasteiger partial charge is 0.225 e. The molecule has 0 atom stereocenters. The predicted molar refractivity (Wildman–Crippen MR) is 117 cm³/mol. The largest absolute Gasteiger partial charge is 0.505 e. The van der Waals surface area contributed by atoms with Crippen molar-refractivity contribution in [1.82, 2.24) is 15.0 Å². The molecule has 2 aromatic heterocycles. The molecule has 0 aliphatic heterocycles. The minimum Gasteiger partial charge on any atom is -0.505 e. The van der Waals surface area contributed by atoms with E-state index in [1.807, 2.05) is 18.2 Å². The monoisotopic (exact) mass is 429 g/mol. The van der Waals surface area contributed by atoms with Crippen molar-refractivity contribution in [2.45, 2.75) is 38.1 Å². The number of anilines is 3. The molecule has 1 saturated carbocycles. The van der Waals surface area contributed by atoms with Gasteiger partial charge in [0, 0.05) is 35.8 Å². The van der Waals surface area contributed by atoms with Gasteiger partial charge in [0.05, 0.1) is 15.7 Å². The number of rotatable bonds is 5. The zero-order valence-electron chi connectivity index (χ0n) is 15.7. The average Bonchev–Trinajstić information content (AvgIpc) is 2.73. The third-order valence-corrected chi connectivity index (χ3v) is 5.51. The number of nitrogens with zero attached hydrogens (tertiary/aromatic N) is 3. The van der Waals surface area contributed by atoms with Gasteiger partial charge in [-0.15, -0.1) is 0 Å². The first-order chi connectivity index (χ1) is 14.1. The quantitative estimate of drug-likeness (QED) is 0.428. The first-order valence-electron chi connectivity index (χ1n) is 9.59. The standard InChI is InChI=1S/C21H21Cl2N5O/c22-16-10-15(11-17(23)20(16)29)25-19-12-18(13-6-8-24-9-7-13)27-21(28-19)26-14-4-2-1-3-5-14/h6-12,14,29H,1-5H2,(H2,25,26,27,28). The summed E-state index contributed by atoms with van der Waals surface area (Å²) in [5.74, 6) is 1.03. The molecular weight excluding hydrogens is 409 g/mol. The number of nitrogens with one attached hydrogen (secondary N) is 2. The highest BCUT2D eigenvalue weighted by molar-refractivity contribution is 6.37. The third kappa shape index (κ3) is 4.89. The lowest BCUT2D eigenvalue weighted by atomic mass is 9.96. The molecular formula is C21H21Cl2N5O. The highest BCUT2D eigenvalue weighted by Gasteiger charge is 2.16. The van der Waals surface area contributed by atoms with Gasteiger partial charge in [-0.05, 0) is 37.1 Å². The molecule has 0 bridgehead atoms. The lowest BCUT2D eigenvalue weighted by Crippen LogP contribution is -2.23. The number of phenolic OH excluding ortho intramolecular Hbond substituents is 1. The Labute approximate surface area is 179 Å². The molecule has 0 unspecified atom stereocenters. The second-order valence-corrected chi connectivity index (χ2v) is 7.91. The van der Waals surface area contributed by atoms with Crippen LogP contribution in [-0.4, -0.2) is 26.1 Å². The van der Waals surface area contributed by atoms with Crippen molar-refractivity contribution in [3.8, 4) is 17.0 Å². The van der Waals surface area contributed by atoms with Crippen LogP contribution in [0.1, 0.15) is 32.1 Å². The molecule has 2 heterocycles. The van der Waals surface area contributed by atoms with E-state index in [0.717, 1.165) is 24.1 Å². The summed E-state index contributed by atoms with van der Waals surface area (Å²) in [6.07, 6.45) is 9.43. The van der Waals surface area contributed by atoms with Crippen LogP contribution in [-0.2, 0) is 0 Å². The van der Waals surface area contributed by atoms with Crippen molar-refractivity contribution in [3.05, 3.63) is 52.8 Å². The Hall–Kier alpha value is -2.57. The fraction of sp³-hybridized carbons (Fsp3) is 0.286. The molecule has 0 spiro atoms. The maximum absolute atomic E-state index is 9.78. The van der Waals surface area contributed by atoms with Gasteiger partial charge in [0.15, 0.2) is 5.75 Å². The third-order valence-electron chi connectivity index (χ3n) is 4.93. The van der Waals surface area contributed by atoms with E-state index >= 15 is 0 Å². The van der Waals surface area contributed by atoms with E-state index in [1.54, 1.807) is 24.5 Å². The SMILES string of the molecule is Oc1c(Cl)cc(Nc2cc(-c3ccncc3)nc(NC3CCCCC3)n2)cc1Cl. The topological polar surface area (TPSA) is 83.0 Å². The van der Waals surface area contributed by atoms with Crippen LogP contribution in [0.5, 0.6) is 5.75 Å². The van der Waals surface area contributed by atoms with Gasteiger partial charge in [0.2, 0.25) is 5.95 Å². The number of benzene rings is 1. The molecule has 1 aliphatic rings. The van der Waals surface area contributed by atoms with Crippen LogP contribution < -0.4 is 10.6 Å². The predicted octanol–water partition coefficient (Wildman–Crippen LogP) is 6.04. The van der Waals surface area contributed by atoms with E-state index in [0.29, 0.717) is 23.5 Å². The van der Waals surface area contributed by atoms with Crippen LogP contribution in [0.2, 0.25) is 10.0 Å². The van der Waals surface area contributed by atoms with Crippen molar-refractivity contribution in [3.63, 3.8) is 0 Å². The Balaban J connectivity index is 1.67. The minimum atomic E-state index is -0.140. The fourth-order valence-corrected chi connectivity index (χ4v) is 3.95. The van der Waals surface area contributed by atoms with E-state index in [-0.39, 0.29) is 15.8 Å². The molecule has 8 heteroatoms. The molecule has 0 saturated heterocycles. The molecule has 4 rings (SSSR count). The summed E-state index contributed by atoms with van der Waals surface area (Å²) in [6.45, 7) is 0. The summed E-state index contributed by atoms with van der Waals surface area (Å²) in [4.78, 5) is 13.4. The Morgan fingerprint density at radius 1 is 0.931 bits per heavy atom. The van der Waals surface area contributed by atoms with Crippen LogP contribution in [0.15, 0.2) is 42.7 Å². The second-order valence-electron chi connectivity index (χ2n) is 7.09. The van der Waals surface area contributed by atoms with Gasteiger partial charge < -0.3 is 15.7 Å². The summed E-state index contributed by atoms with van der Waals surface area (Å²) < 4.78 is 0. The summed E-state index contributed by atoms with van der Waals surface area (Å²) in [7, 11) is 0. The number of phenols is 1. The lowest BCUT2D eigenvalue weighted by Gasteiger charge is -2.23. The normalized spacial score (nSPS) is 14.6. The molecule has 3 aromatic rings. The number of aromatic nitrogens is 3. The zero-order valence-corrected chi connectivity index (χ0v) is 17.2. The Kier molecular flexibility index (Phi) is 6.02. The fourth-order valence-electron chi connectivity index (χ4n) is 3.46. The Morgan fingerprint density at radius 3 is 2.31 bits per heavy atom. The molecule has 150 valence electrons. The highest BCUT2D eigenvalue weighted by atomic mass is 35.5. The van der Waals surface area contributed by atoms with Gasteiger partial charge in [-0.25, -0.2) is 4.98 Å². The number of halogens is 2. The molecule has 0 radical (unpaired) electrons. The zero-order chi connectivity index (χ0) is 20.2. The van der Waals surface area contributed by atoms with Gasteiger partial charge in [-0.3, -0.25) is 4.98 Å². The van der Waals surface area contributed by atoms with Gasteiger partial charge in [0.25, 0.3) is 0 Å². The Bertz CT molecular complexity index is 971. The average molecular weight is 430 g/mol. The number of hydrogen-bond acceptors (Lipinski definition) is 6. The molecule has 1 aromatic carbocycles. The summed E-state index contributed by atoms with van der Waals surface area (Å²) >= 11 is 12.1. The molecule has 1 fully saturated rings. The second kappa shape index (κ2) is 8.84. The first kappa shape index (κ1) is 19.7. The summed E-state index contributed by atoms with van der Waals surface area (Å²) in [5, 5.41) is 16.8. The van der Waals surface area contributed by atoms with Gasteiger partial charge >= 0.3 is 0 Å². The van der Waals surface area contributed by atoms with Crippen molar-refractivity contribution in [2.24, 2.45) is 0 Å². The molecule has 29 heavy (non-hydrogen) atoms. The maximum atomic E-state index is 9.78. The van der Waals surface area contributed by atoms with Crippen LogP contribution in [0.4, 0.5) is 17.5 Å². The van der Waals surface area contributed by atoms with Gasteiger partial charge in [-0.1, -0.05) is 42.5 Å². The van der Waals surface area contributed by atoms with E-state index in [1.165, 1.54) is 19.3 Å². The van der Waals surface area contributed by atoms with E-state index in [9.17, 15) is 5.11 Å². The summed E-state index contributed by atoms with van der Waals surface area (Å²) in [5.41, 5.74) is 2.35.